The van der Waals surface area contributed by atoms with Crippen LogP contribution < -0.4 is 11.3 Å². The number of rotatable bonds is 6. The first-order chi connectivity index (χ1) is 14.2. The molecule has 13 nitrogen and oxygen atoms in total. The molecule has 4 atom stereocenters. The van der Waals surface area contributed by atoms with Gasteiger partial charge in [0.25, 0.3) is 0 Å². The van der Waals surface area contributed by atoms with Crippen LogP contribution in [0.3, 0.4) is 0 Å². The normalized spacial score (nSPS) is 23.2. The number of carbonyl (C=O) groups is 3. The Morgan fingerprint density at radius 1 is 1.17 bits per heavy atom. The summed E-state index contributed by atoms with van der Waals surface area (Å²) in [7, 11) is 0. The van der Waals surface area contributed by atoms with Crippen molar-refractivity contribution >= 4 is 57.5 Å². The molecule has 1 saturated heterocycles. The molecule has 3 N–H and O–H groups in total. The second-order valence-corrected chi connectivity index (χ2v) is 7.29. The number of nitrogens with one attached hydrogen (secondary N) is 1. The van der Waals surface area contributed by atoms with Crippen molar-refractivity contribution in [2.24, 2.45) is 5.84 Å². The second kappa shape index (κ2) is 9.05. The van der Waals surface area contributed by atoms with Crippen LogP contribution in [0, 0.1) is 3.83 Å². The molecule has 0 aromatic carbocycles. The highest BCUT2D eigenvalue weighted by Crippen LogP contribution is 2.36. The van der Waals surface area contributed by atoms with Gasteiger partial charge >= 0.3 is 17.9 Å². The van der Waals surface area contributed by atoms with E-state index in [1.54, 1.807) is 0 Å². The second-order valence-electron chi connectivity index (χ2n) is 6.33. The lowest BCUT2D eigenvalue weighted by Crippen LogP contribution is -2.40. The lowest BCUT2D eigenvalue weighted by atomic mass is 10.1. The van der Waals surface area contributed by atoms with Crippen LogP contribution in [-0.4, -0.2) is 62.3 Å². The van der Waals surface area contributed by atoms with Gasteiger partial charge in [-0.2, -0.15) is 0 Å². The molecule has 2 aromatic rings. The fraction of sp³-hybridized carbons (Fsp3) is 0.500. The van der Waals surface area contributed by atoms with Crippen LogP contribution in [0.4, 0.5) is 5.82 Å². The van der Waals surface area contributed by atoms with Crippen LogP contribution >= 0.6 is 22.6 Å². The summed E-state index contributed by atoms with van der Waals surface area (Å²) in [6.07, 6.45) is -2.53. The summed E-state index contributed by atoms with van der Waals surface area (Å²) >= 11 is 1.91. The van der Waals surface area contributed by atoms with Gasteiger partial charge in [-0.25, -0.2) is 20.8 Å². The molecular formula is C16H19IN6O7. The van der Waals surface area contributed by atoms with Crippen molar-refractivity contribution < 1.29 is 33.3 Å². The van der Waals surface area contributed by atoms with Gasteiger partial charge in [-0.05, 0) is 0 Å². The van der Waals surface area contributed by atoms with E-state index in [4.69, 9.17) is 24.8 Å². The van der Waals surface area contributed by atoms with Gasteiger partial charge in [0, 0.05) is 43.4 Å². The molecule has 2 aromatic heterocycles. The van der Waals surface area contributed by atoms with Gasteiger partial charge in [-0.3, -0.25) is 19.0 Å². The Morgan fingerprint density at radius 3 is 2.43 bits per heavy atom. The number of hydrogen-bond donors (Lipinski definition) is 2. The highest BCUT2D eigenvalue weighted by atomic mass is 127. The number of ether oxygens (including phenoxy) is 4. The number of hydrogen-bond acceptors (Lipinski definition) is 12. The number of esters is 3. The monoisotopic (exact) mass is 534 g/mol. The van der Waals surface area contributed by atoms with Crippen LogP contribution in [0.2, 0.25) is 0 Å². The summed E-state index contributed by atoms with van der Waals surface area (Å²) in [4.78, 5) is 47.4. The SMILES string of the molecule is CC(=O)OC[C@H]1O[C@@H](n2cnc3c(NN)nc(I)nc32)[C@H](OC(C)=O)[C@@H]1OC(C)=O. The Bertz CT molecular complexity index is 982. The number of fused-ring (bicyclic) bond motifs is 1. The van der Waals surface area contributed by atoms with Crippen molar-refractivity contribution in [1.29, 1.82) is 0 Å². The van der Waals surface area contributed by atoms with Gasteiger partial charge in [-0.1, -0.05) is 0 Å². The first kappa shape index (κ1) is 22.1. The third kappa shape index (κ3) is 4.59. The Kier molecular flexibility index (Phi) is 6.67. The lowest BCUT2D eigenvalue weighted by molar-refractivity contribution is -0.166. The molecule has 3 heterocycles. The van der Waals surface area contributed by atoms with E-state index in [-0.39, 0.29) is 12.4 Å². The molecular weight excluding hydrogens is 515 g/mol. The molecule has 0 spiro atoms. The van der Waals surface area contributed by atoms with Crippen molar-refractivity contribution in [3.05, 3.63) is 10.2 Å². The quantitative estimate of drug-likeness (QED) is 0.128. The number of imidazole rings is 1. The van der Waals surface area contributed by atoms with Crippen molar-refractivity contribution in [3.63, 3.8) is 0 Å². The summed E-state index contributed by atoms with van der Waals surface area (Å²) < 4.78 is 23.7. The molecule has 162 valence electrons. The van der Waals surface area contributed by atoms with Crippen molar-refractivity contribution in [2.45, 2.75) is 45.3 Å². The minimum Gasteiger partial charge on any atom is -0.463 e. The van der Waals surface area contributed by atoms with Crippen molar-refractivity contribution in [1.82, 2.24) is 19.5 Å². The zero-order chi connectivity index (χ0) is 22.0. The van der Waals surface area contributed by atoms with E-state index in [2.05, 4.69) is 20.4 Å². The largest absolute Gasteiger partial charge is 0.463 e. The maximum absolute atomic E-state index is 11.8. The third-order valence-corrected chi connectivity index (χ3v) is 4.63. The predicted octanol–water partition coefficient (Wildman–Crippen LogP) is 0.0404. The molecule has 30 heavy (non-hydrogen) atoms. The summed E-state index contributed by atoms with van der Waals surface area (Å²) in [6.45, 7) is 3.45. The molecule has 3 rings (SSSR count). The maximum atomic E-state index is 11.8. The number of nitrogens with zero attached hydrogens (tertiary/aromatic N) is 4. The summed E-state index contributed by atoms with van der Waals surface area (Å²) in [5, 5.41) is 0. The van der Waals surface area contributed by atoms with E-state index in [1.165, 1.54) is 31.7 Å². The highest BCUT2D eigenvalue weighted by Gasteiger charge is 2.51. The molecule has 1 fully saturated rings. The van der Waals surface area contributed by atoms with Crippen molar-refractivity contribution in [3.8, 4) is 0 Å². The number of carbonyl (C=O) groups excluding carboxylic acids is 3. The number of nitrogen functional groups attached to an aromatic ring is 1. The minimum atomic E-state index is -1.05. The fourth-order valence-corrected chi connectivity index (χ4v) is 3.56. The average Bonchev–Trinajstić information content (AvgIpc) is 3.20. The summed E-state index contributed by atoms with van der Waals surface area (Å²) in [5.41, 5.74) is 3.15. The van der Waals surface area contributed by atoms with Crippen LogP contribution in [0.5, 0.6) is 0 Å². The number of aromatic nitrogens is 4. The molecule has 0 unspecified atom stereocenters. The van der Waals surface area contributed by atoms with Gasteiger partial charge in [0.05, 0.1) is 6.33 Å². The Hall–Kier alpha value is -2.59. The van der Waals surface area contributed by atoms with E-state index in [0.717, 1.165) is 0 Å². The molecule has 0 radical (unpaired) electrons. The molecule has 1 aliphatic rings. The fourth-order valence-electron chi connectivity index (χ4n) is 3.09. The number of halogens is 1. The topological polar surface area (TPSA) is 170 Å². The van der Waals surface area contributed by atoms with E-state index in [9.17, 15) is 14.4 Å². The molecule has 14 heteroatoms. The lowest BCUT2D eigenvalue weighted by Gasteiger charge is -2.23. The molecule has 0 aliphatic carbocycles. The zero-order valence-corrected chi connectivity index (χ0v) is 18.4. The summed E-state index contributed by atoms with van der Waals surface area (Å²) in [5.74, 6) is 4.03. The van der Waals surface area contributed by atoms with E-state index < -0.39 is 42.4 Å². The number of hydrazine groups is 1. The van der Waals surface area contributed by atoms with Crippen LogP contribution in [0.25, 0.3) is 11.2 Å². The van der Waals surface area contributed by atoms with Crippen LogP contribution in [0.15, 0.2) is 6.33 Å². The van der Waals surface area contributed by atoms with E-state index >= 15 is 0 Å². The molecule has 0 saturated carbocycles. The molecule has 1 aliphatic heterocycles. The number of nitrogens with two attached hydrogens (primary N) is 1. The van der Waals surface area contributed by atoms with Gasteiger partial charge in [0.15, 0.2) is 39.2 Å². The van der Waals surface area contributed by atoms with E-state index in [1.807, 2.05) is 22.6 Å². The zero-order valence-electron chi connectivity index (χ0n) is 16.2. The van der Waals surface area contributed by atoms with Crippen molar-refractivity contribution in [2.75, 3.05) is 12.0 Å². The summed E-state index contributed by atoms with van der Waals surface area (Å²) in [6, 6.07) is 0. The highest BCUT2D eigenvalue weighted by molar-refractivity contribution is 14.1. The van der Waals surface area contributed by atoms with Crippen LogP contribution in [0.1, 0.15) is 27.0 Å². The first-order valence-corrected chi connectivity index (χ1v) is 9.79. The smallest absolute Gasteiger partial charge is 0.303 e. The molecule has 0 bridgehead atoms. The van der Waals surface area contributed by atoms with Gasteiger partial charge in [0.2, 0.25) is 0 Å². The predicted molar refractivity (Wildman–Crippen MR) is 108 cm³/mol. The van der Waals surface area contributed by atoms with Gasteiger partial charge in [-0.15, -0.1) is 0 Å². The first-order valence-electron chi connectivity index (χ1n) is 8.71. The Morgan fingerprint density at radius 2 is 1.83 bits per heavy atom. The Balaban J connectivity index is 2.05. The van der Waals surface area contributed by atoms with Gasteiger partial charge in [0.1, 0.15) is 12.7 Å². The standard InChI is InChI=1S/C16H19IN6O7/c1-6(24)27-4-9-11(28-7(2)25)12(29-8(3)26)15(30-9)23-5-19-10-13(22-18)20-16(17)21-14(10)23/h5,9,11-12,15H,4,18H2,1-3H3,(H,20,21,22)/t9-,11-,12-,15-/m1/s1. The minimum absolute atomic E-state index is 0.212. The number of anilines is 1. The maximum Gasteiger partial charge on any atom is 0.303 e. The Labute approximate surface area is 183 Å². The third-order valence-electron chi connectivity index (χ3n) is 4.15. The van der Waals surface area contributed by atoms with Gasteiger partial charge < -0.3 is 24.4 Å². The van der Waals surface area contributed by atoms with Crippen LogP contribution in [-0.2, 0) is 33.3 Å². The average molecular weight is 534 g/mol. The van der Waals surface area contributed by atoms with E-state index in [0.29, 0.717) is 15.0 Å². The molecule has 0 amide bonds.